The molecule has 2 aliphatic rings. The minimum absolute atomic E-state index is 0.140. The maximum absolute atomic E-state index is 12.0. The molecular weight excluding hydrogens is 298 g/mol. The van der Waals surface area contributed by atoms with Gasteiger partial charge in [-0.05, 0) is 25.7 Å². The van der Waals surface area contributed by atoms with Crippen LogP contribution in [0.15, 0.2) is 4.52 Å². The summed E-state index contributed by atoms with van der Waals surface area (Å²) >= 11 is 1.56. The van der Waals surface area contributed by atoms with Gasteiger partial charge < -0.3 is 9.84 Å². The largest absolute Gasteiger partial charge is 0.353 e. The molecule has 0 unspecified atom stereocenters. The van der Waals surface area contributed by atoms with Gasteiger partial charge in [0.2, 0.25) is 11.8 Å². The molecule has 0 bridgehead atoms. The summed E-state index contributed by atoms with van der Waals surface area (Å²) < 4.78 is 5.22. The highest BCUT2D eigenvalue weighted by Crippen LogP contribution is 2.38. The van der Waals surface area contributed by atoms with Gasteiger partial charge in [-0.2, -0.15) is 4.98 Å². The van der Waals surface area contributed by atoms with Crippen LogP contribution in [0.2, 0.25) is 0 Å². The van der Waals surface area contributed by atoms with Crippen LogP contribution in [-0.4, -0.2) is 27.8 Å². The molecule has 1 heterocycles. The Labute approximate surface area is 136 Å². The molecule has 0 spiro atoms. The van der Waals surface area contributed by atoms with E-state index in [1.54, 1.807) is 11.8 Å². The molecule has 0 aliphatic heterocycles. The fraction of sp³-hybridized carbons (Fsp3) is 0.812. The van der Waals surface area contributed by atoms with Crippen LogP contribution < -0.4 is 5.32 Å². The van der Waals surface area contributed by atoms with E-state index in [-0.39, 0.29) is 5.91 Å². The van der Waals surface area contributed by atoms with Crippen LogP contribution in [0.25, 0.3) is 0 Å². The van der Waals surface area contributed by atoms with Crippen molar-refractivity contribution in [3.8, 4) is 0 Å². The van der Waals surface area contributed by atoms with Crippen molar-refractivity contribution in [3.63, 3.8) is 0 Å². The summed E-state index contributed by atoms with van der Waals surface area (Å²) in [7, 11) is 0. The zero-order chi connectivity index (χ0) is 15.2. The Morgan fingerprint density at radius 2 is 1.86 bits per heavy atom. The summed E-state index contributed by atoms with van der Waals surface area (Å²) in [5.74, 6) is 3.24. The highest BCUT2D eigenvalue weighted by atomic mass is 32.2. The maximum atomic E-state index is 12.0. The lowest BCUT2D eigenvalue weighted by atomic mass is 9.97. The summed E-state index contributed by atoms with van der Waals surface area (Å²) in [4.78, 5) is 16.4. The van der Waals surface area contributed by atoms with E-state index in [1.807, 2.05) is 0 Å². The fourth-order valence-electron chi connectivity index (χ4n) is 2.93. The number of carbonyl (C=O) groups is 1. The summed E-state index contributed by atoms with van der Waals surface area (Å²) in [5, 5.41) is 7.16. The Morgan fingerprint density at radius 1 is 1.14 bits per heavy atom. The molecule has 22 heavy (non-hydrogen) atoms. The Kier molecular flexibility index (Phi) is 5.76. The third-order valence-corrected chi connectivity index (χ3v) is 5.27. The van der Waals surface area contributed by atoms with E-state index in [0.717, 1.165) is 18.7 Å². The highest BCUT2D eigenvalue weighted by Gasteiger charge is 2.29. The second kappa shape index (κ2) is 7.99. The molecule has 0 radical (unpaired) electrons. The number of carbonyl (C=O) groups excluding carboxylic acids is 1. The van der Waals surface area contributed by atoms with E-state index >= 15 is 0 Å². The van der Waals surface area contributed by atoms with Crippen LogP contribution in [0.3, 0.4) is 0 Å². The summed E-state index contributed by atoms with van der Waals surface area (Å²) in [6.45, 7) is 0. The Morgan fingerprint density at radius 3 is 2.59 bits per heavy atom. The normalized spacial score (nSPS) is 20.4. The molecule has 1 aromatic rings. The molecule has 122 valence electrons. The van der Waals surface area contributed by atoms with Gasteiger partial charge in [0.15, 0.2) is 5.82 Å². The molecule has 2 fully saturated rings. The number of hydrogen-bond donors (Lipinski definition) is 1. The quantitative estimate of drug-likeness (QED) is 0.869. The molecule has 2 saturated carbocycles. The van der Waals surface area contributed by atoms with Gasteiger partial charge in [0.1, 0.15) is 0 Å². The van der Waals surface area contributed by atoms with Crippen molar-refractivity contribution in [2.45, 2.75) is 75.5 Å². The lowest BCUT2D eigenvalue weighted by Crippen LogP contribution is -2.36. The van der Waals surface area contributed by atoms with Crippen molar-refractivity contribution in [1.82, 2.24) is 15.5 Å². The first-order valence-corrected chi connectivity index (χ1v) is 9.66. The number of nitrogens with one attached hydrogen (secondary N) is 1. The molecule has 5 nitrogen and oxygen atoms in total. The van der Waals surface area contributed by atoms with E-state index in [9.17, 15) is 4.79 Å². The average molecular weight is 323 g/mol. The van der Waals surface area contributed by atoms with Gasteiger partial charge in [0, 0.05) is 12.0 Å². The second-order valence-electron chi connectivity index (χ2n) is 6.43. The topological polar surface area (TPSA) is 68.0 Å². The first-order chi connectivity index (χ1) is 10.8. The van der Waals surface area contributed by atoms with E-state index < -0.39 is 0 Å². The Balaban J connectivity index is 1.34. The predicted molar refractivity (Wildman–Crippen MR) is 86.7 cm³/mol. The monoisotopic (exact) mass is 323 g/mol. The standard InChI is InChI=1S/C16H25N3O2S/c20-15(17-13-6-4-2-1-3-5-7-13)11-22-10-14-18-16(21-19-14)12-8-9-12/h12-13H,1-11H2,(H,17,20). The molecule has 6 heteroatoms. The number of amides is 1. The van der Waals surface area contributed by atoms with Gasteiger partial charge in [-0.25, -0.2) is 0 Å². The van der Waals surface area contributed by atoms with Gasteiger partial charge in [-0.15, -0.1) is 11.8 Å². The van der Waals surface area contributed by atoms with Crippen LogP contribution in [-0.2, 0) is 10.5 Å². The zero-order valence-electron chi connectivity index (χ0n) is 13.1. The van der Waals surface area contributed by atoms with Crippen molar-refractivity contribution in [2.75, 3.05) is 5.75 Å². The van der Waals surface area contributed by atoms with Gasteiger partial charge in [0.05, 0.1) is 11.5 Å². The number of aromatic nitrogens is 2. The maximum Gasteiger partial charge on any atom is 0.230 e. The first kappa shape index (κ1) is 15.8. The zero-order valence-corrected chi connectivity index (χ0v) is 13.9. The smallest absolute Gasteiger partial charge is 0.230 e. The minimum atomic E-state index is 0.140. The second-order valence-corrected chi connectivity index (χ2v) is 7.41. The molecule has 1 aromatic heterocycles. The van der Waals surface area contributed by atoms with Crippen LogP contribution >= 0.6 is 11.8 Å². The third kappa shape index (κ3) is 5.00. The average Bonchev–Trinajstić information content (AvgIpc) is 3.22. The third-order valence-electron chi connectivity index (χ3n) is 4.34. The van der Waals surface area contributed by atoms with Gasteiger partial charge >= 0.3 is 0 Å². The molecule has 0 aromatic carbocycles. The van der Waals surface area contributed by atoms with E-state index in [4.69, 9.17) is 4.52 Å². The van der Waals surface area contributed by atoms with Crippen molar-refractivity contribution in [2.24, 2.45) is 0 Å². The molecule has 1 N–H and O–H groups in total. The Bertz CT molecular complexity index is 479. The van der Waals surface area contributed by atoms with Gasteiger partial charge in [0.25, 0.3) is 0 Å². The molecule has 1 amide bonds. The molecule has 2 aliphatic carbocycles. The minimum Gasteiger partial charge on any atom is -0.353 e. The van der Waals surface area contributed by atoms with Gasteiger partial charge in [-0.1, -0.05) is 37.3 Å². The molecule has 0 saturated heterocycles. The number of hydrogen-bond acceptors (Lipinski definition) is 5. The van der Waals surface area contributed by atoms with Gasteiger partial charge in [-0.3, -0.25) is 4.79 Å². The predicted octanol–water partition coefficient (Wildman–Crippen LogP) is 3.41. The van der Waals surface area contributed by atoms with Crippen LogP contribution in [0.1, 0.15) is 75.4 Å². The first-order valence-electron chi connectivity index (χ1n) is 8.51. The van der Waals surface area contributed by atoms with Crippen molar-refractivity contribution in [1.29, 1.82) is 0 Å². The van der Waals surface area contributed by atoms with E-state index in [2.05, 4.69) is 15.5 Å². The van der Waals surface area contributed by atoms with Crippen molar-refractivity contribution in [3.05, 3.63) is 11.7 Å². The van der Waals surface area contributed by atoms with E-state index in [0.29, 0.717) is 29.3 Å². The SMILES string of the molecule is O=C(CSCc1noc(C2CC2)n1)NC1CCCCCCC1. The molecular formula is C16H25N3O2S. The lowest BCUT2D eigenvalue weighted by Gasteiger charge is -2.20. The summed E-state index contributed by atoms with van der Waals surface area (Å²) in [6, 6.07) is 0.375. The van der Waals surface area contributed by atoms with Crippen LogP contribution in [0.5, 0.6) is 0 Å². The molecule has 3 rings (SSSR count). The van der Waals surface area contributed by atoms with Crippen LogP contribution in [0, 0.1) is 0 Å². The highest BCUT2D eigenvalue weighted by molar-refractivity contribution is 7.99. The van der Waals surface area contributed by atoms with Crippen molar-refractivity contribution < 1.29 is 9.32 Å². The Hall–Kier alpha value is -1.04. The fourth-order valence-corrected chi connectivity index (χ4v) is 3.60. The lowest BCUT2D eigenvalue weighted by molar-refractivity contribution is -0.119. The number of nitrogens with zero attached hydrogens (tertiary/aromatic N) is 2. The summed E-state index contributed by atoms with van der Waals surface area (Å²) in [5.41, 5.74) is 0. The van der Waals surface area contributed by atoms with Crippen molar-refractivity contribution >= 4 is 17.7 Å². The summed E-state index contributed by atoms with van der Waals surface area (Å²) in [6.07, 6.45) is 11.0. The number of rotatable bonds is 6. The number of thioether (sulfide) groups is 1. The molecule has 0 atom stereocenters. The van der Waals surface area contributed by atoms with E-state index in [1.165, 1.54) is 44.9 Å². The van der Waals surface area contributed by atoms with Crippen LogP contribution in [0.4, 0.5) is 0 Å².